The molecule has 0 saturated heterocycles. The number of aromatic nitrogens is 3. The van der Waals surface area contributed by atoms with Crippen LogP contribution in [0.5, 0.6) is 0 Å². The number of nitrogens with zero attached hydrogens (tertiary/aromatic N) is 3. The third-order valence-corrected chi connectivity index (χ3v) is 6.01. The van der Waals surface area contributed by atoms with Crippen LogP contribution < -0.4 is 5.56 Å². The highest BCUT2D eigenvalue weighted by Crippen LogP contribution is 2.37. The van der Waals surface area contributed by atoms with E-state index in [-0.39, 0.29) is 5.56 Å². The van der Waals surface area contributed by atoms with Crippen LogP contribution in [0.15, 0.2) is 47.7 Å². The first-order valence-corrected chi connectivity index (χ1v) is 9.44. The Kier molecular flexibility index (Phi) is 3.40. The summed E-state index contributed by atoms with van der Waals surface area (Å²) in [5.41, 5.74) is 2.73. The molecular weight excluding hydrogens is 354 g/mol. The van der Waals surface area contributed by atoms with Crippen LogP contribution in [0.3, 0.4) is 0 Å². The monoisotopic (exact) mass is 367 g/mol. The van der Waals surface area contributed by atoms with Gasteiger partial charge in [0, 0.05) is 16.6 Å². The van der Waals surface area contributed by atoms with Crippen molar-refractivity contribution in [1.29, 1.82) is 0 Å². The maximum absolute atomic E-state index is 13.0. The van der Waals surface area contributed by atoms with E-state index < -0.39 is 0 Å². The molecule has 1 aliphatic carbocycles. The van der Waals surface area contributed by atoms with Gasteiger partial charge in [0.2, 0.25) is 0 Å². The van der Waals surface area contributed by atoms with Gasteiger partial charge in [0.1, 0.15) is 15.9 Å². The minimum absolute atomic E-state index is 0.0623. The molecule has 3 aromatic heterocycles. The summed E-state index contributed by atoms with van der Waals surface area (Å²) >= 11 is 7.37. The van der Waals surface area contributed by atoms with Gasteiger partial charge >= 0.3 is 0 Å². The van der Waals surface area contributed by atoms with Gasteiger partial charge < -0.3 is 0 Å². The zero-order chi connectivity index (χ0) is 17.0. The van der Waals surface area contributed by atoms with E-state index in [0.29, 0.717) is 9.72 Å². The topological polar surface area (TPSA) is 47.8 Å². The third kappa shape index (κ3) is 2.55. The Morgan fingerprint density at radius 3 is 2.72 bits per heavy atom. The molecule has 0 amide bonds. The van der Waals surface area contributed by atoms with Crippen molar-refractivity contribution >= 4 is 43.4 Å². The summed E-state index contributed by atoms with van der Waals surface area (Å²) in [5.74, 6) is 0.773. The molecule has 1 aromatic carbocycles. The number of hydrogen-bond acceptors (Lipinski definition) is 4. The third-order valence-electron chi connectivity index (χ3n) is 4.68. The molecule has 5 rings (SSSR count). The van der Waals surface area contributed by atoms with Crippen LogP contribution >= 0.6 is 22.9 Å². The number of fused-ring (bicyclic) bond motifs is 3. The Morgan fingerprint density at radius 1 is 1.16 bits per heavy atom. The van der Waals surface area contributed by atoms with Gasteiger partial charge in [-0.1, -0.05) is 11.6 Å². The van der Waals surface area contributed by atoms with E-state index in [0.717, 1.165) is 33.8 Å². The molecule has 25 heavy (non-hydrogen) atoms. The van der Waals surface area contributed by atoms with E-state index in [4.69, 9.17) is 11.6 Å². The second-order valence-electron chi connectivity index (χ2n) is 6.47. The Morgan fingerprint density at radius 2 is 1.96 bits per heavy atom. The average molecular weight is 368 g/mol. The molecule has 0 unspecified atom stereocenters. The summed E-state index contributed by atoms with van der Waals surface area (Å²) in [5, 5.41) is 1.69. The number of benzene rings is 1. The molecule has 6 heteroatoms. The van der Waals surface area contributed by atoms with E-state index in [1.54, 1.807) is 23.0 Å². The number of pyridine rings is 1. The highest BCUT2D eigenvalue weighted by Gasteiger charge is 2.24. The predicted molar refractivity (Wildman–Crippen MR) is 102 cm³/mol. The smallest absolute Gasteiger partial charge is 0.267 e. The van der Waals surface area contributed by atoms with Crippen molar-refractivity contribution in [3.8, 4) is 5.69 Å². The standard InChI is InChI=1S/C19H14ClN3OS/c20-13-3-5-14(6-4-13)23-10-22-16-15-12(9-11-1-2-11)7-8-21-18(15)25-17(16)19(23)24/h3-8,10-11H,1-2,9H2. The van der Waals surface area contributed by atoms with E-state index in [9.17, 15) is 4.79 Å². The van der Waals surface area contributed by atoms with Gasteiger partial charge in [-0.2, -0.15) is 0 Å². The van der Waals surface area contributed by atoms with Crippen LogP contribution in [-0.4, -0.2) is 14.5 Å². The summed E-state index contributed by atoms with van der Waals surface area (Å²) in [7, 11) is 0. The lowest BCUT2D eigenvalue weighted by Crippen LogP contribution is -2.17. The molecule has 0 spiro atoms. The Bertz CT molecular complexity index is 1160. The summed E-state index contributed by atoms with van der Waals surface area (Å²) in [6, 6.07) is 9.25. The normalized spacial score (nSPS) is 14.4. The molecule has 1 fully saturated rings. The lowest BCUT2D eigenvalue weighted by atomic mass is 10.1. The zero-order valence-electron chi connectivity index (χ0n) is 13.3. The molecule has 4 aromatic rings. The maximum Gasteiger partial charge on any atom is 0.275 e. The molecule has 1 aliphatic rings. The lowest BCUT2D eigenvalue weighted by Gasteiger charge is -2.05. The van der Waals surface area contributed by atoms with Gasteiger partial charge in [-0.15, -0.1) is 11.3 Å². The fourth-order valence-corrected chi connectivity index (χ4v) is 4.40. The van der Waals surface area contributed by atoms with Crippen molar-refractivity contribution < 1.29 is 0 Å². The van der Waals surface area contributed by atoms with Crippen molar-refractivity contribution in [3.63, 3.8) is 0 Å². The first-order chi connectivity index (χ1) is 12.2. The lowest BCUT2D eigenvalue weighted by molar-refractivity contribution is 0.838. The molecule has 1 saturated carbocycles. The van der Waals surface area contributed by atoms with E-state index in [2.05, 4.69) is 16.0 Å². The molecule has 4 nitrogen and oxygen atoms in total. The van der Waals surface area contributed by atoms with Gasteiger partial charge in [0.05, 0.1) is 11.2 Å². The van der Waals surface area contributed by atoms with Crippen molar-refractivity contribution in [2.75, 3.05) is 0 Å². The minimum Gasteiger partial charge on any atom is -0.267 e. The summed E-state index contributed by atoms with van der Waals surface area (Å²) in [6.45, 7) is 0. The zero-order valence-corrected chi connectivity index (χ0v) is 14.8. The highest BCUT2D eigenvalue weighted by atomic mass is 35.5. The van der Waals surface area contributed by atoms with Crippen LogP contribution in [0, 0.1) is 5.92 Å². The second kappa shape index (κ2) is 5.64. The van der Waals surface area contributed by atoms with Crippen LogP contribution in [0.2, 0.25) is 5.02 Å². The van der Waals surface area contributed by atoms with Crippen LogP contribution in [0.25, 0.3) is 26.1 Å². The van der Waals surface area contributed by atoms with E-state index in [1.807, 2.05) is 18.3 Å². The number of rotatable bonds is 3. The highest BCUT2D eigenvalue weighted by molar-refractivity contribution is 7.25. The van der Waals surface area contributed by atoms with Crippen LogP contribution in [-0.2, 0) is 6.42 Å². The SMILES string of the molecule is O=c1c2sc3nccc(CC4CC4)c3c2ncn1-c1ccc(Cl)cc1. The Hall–Kier alpha value is -2.24. The predicted octanol–water partition coefficient (Wildman–Crippen LogP) is 4.60. The Balaban J connectivity index is 1.74. The molecule has 124 valence electrons. The molecule has 0 bridgehead atoms. The number of halogens is 1. The Labute approximate surface area is 152 Å². The molecular formula is C19H14ClN3OS. The molecule has 0 radical (unpaired) electrons. The van der Waals surface area contributed by atoms with E-state index >= 15 is 0 Å². The first-order valence-electron chi connectivity index (χ1n) is 8.24. The van der Waals surface area contributed by atoms with E-state index in [1.165, 1.54) is 29.7 Å². The minimum atomic E-state index is -0.0623. The van der Waals surface area contributed by atoms with Gasteiger partial charge in [-0.05, 0) is 61.1 Å². The summed E-state index contributed by atoms with van der Waals surface area (Å²) in [4.78, 5) is 23.0. The fourth-order valence-electron chi connectivity index (χ4n) is 3.20. The van der Waals surface area contributed by atoms with Gasteiger partial charge in [-0.25, -0.2) is 9.97 Å². The molecule has 3 heterocycles. The average Bonchev–Trinajstić information content (AvgIpc) is 3.34. The van der Waals surface area contributed by atoms with Gasteiger partial charge in [0.25, 0.3) is 5.56 Å². The molecule has 0 aliphatic heterocycles. The van der Waals surface area contributed by atoms with Crippen LogP contribution in [0.4, 0.5) is 0 Å². The second-order valence-corrected chi connectivity index (χ2v) is 7.91. The number of hydrogen-bond donors (Lipinski definition) is 0. The van der Waals surface area contributed by atoms with Crippen molar-refractivity contribution in [2.45, 2.75) is 19.3 Å². The first kappa shape index (κ1) is 15.0. The van der Waals surface area contributed by atoms with Crippen molar-refractivity contribution in [3.05, 3.63) is 63.8 Å². The fraction of sp³-hybridized carbons (Fsp3) is 0.211. The largest absolute Gasteiger partial charge is 0.275 e. The number of thiophene rings is 1. The van der Waals surface area contributed by atoms with Gasteiger partial charge in [-0.3, -0.25) is 9.36 Å². The summed E-state index contributed by atoms with van der Waals surface area (Å²) in [6.07, 6.45) is 7.08. The van der Waals surface area contributed by atoms with Gasteiger partial charge in [0.15, 0.2) is 0 Å². The maximum atomic E-state index is 13.0. The molecule has 0 N–H and O–H groups in total. The quantitative estimate of drug-likeness (QED) is 0.531. The van der Waals surface area contributed by atoms with Crippen molar-refractivity contribution in [2.24, 2.45) is 5.92 Å². The van der Waals surface area contributed by atoms with Crippen LogP contribution in [0.1, 0.15) is 18.4 Å². The van der Waals surface area contributed by atoms with Crippen molar-refractivity contribution in [1.82, 2.24) is 14.5 Å². The summed E-state index contributed by atoms with van der Waals surface area (Å²) < 4.78 is 2.22. The molecule has 0 atom stereocenters.